The van der Waals surface area contributed by atoms with Gasteiger partial charge >= 0.3 is 0 Å². The van der Waals surface area contributed by atoms with E-state index in [0.29, 0.717) is 36.7 Å². The summed E-state index contributed by atoms with van der Waals surface area (Å²) in [5, 5.41) is 0. The molecule has 6 nitrogen and oxygen atoms in total. The smallest absolute Gasteiger partial charge is 0.253 e. The van der Waals surface area contributed by atoms with E-state index in [1.807, 2.05) is 12.1 Å². The number of methoxy groups -OCH3 is 3. The molecule has 0 unspecified atom stereocenters. The van der Waals surface area contributed by atoms with Crippen LogP contribution in [-0.4, -0.2) is 63.2 Å². The van der Waals surface area contributed by atoms with Gasteiger partial charge in [0.05, 0.1) is 21.3 Å². The molecule has 1 heterocycles. The standard InChI is InChI=1S/C21H25FN2O4/c1-26-18-13-20(28-3)19(27-2)12-16(18)14-23-8-10-24(11-9-23)21(25)15-4-6-17(22)7-5-15/h4-7,12-13H,8-11,14H2,1-3H3. The number of benzene rings is 2. The third kappa shape index (κ3) is 4.36. The van der Waals surface area contributed by atoms with E-state index in [9.17, 15) is 9.18 Å². The second-order valence-electron chi connectivity index (χ2n) is 6.59. The van der Waals surface area contributed by atoms with Gasteiger partial charge in [0.15, 0.2) is 11.5 Å². The summed E-state index contributed by atoms with van der Waals surface area (Å²) in [5.41, 5.74) is 1.51. The molecule has 0 N–H and O–H groups in total. The molecule has 0 atom stereocenters. The topological polar surface area (TPSA) is 51.2 Å². The fourth-order valence-corrected chi connectivity index (χ4v) is 3.34. The first-order valence-corrected chi connectivity index (χ1v) is 9.11. The molecule has 0 aromatic heterocycles. The van der Waals surface area contributed by atoms with Crippen molar-refractivity contribution in [3.63, 3.8) is 0 Å². The number of amides is 1. The van der Waals surface area contributed by atoms with E-state index in [0.717, 1.165) is 24.4 Å². The van der Waals surface area contributed by atoms with Gasteiger partial charge in [-0.05, 0) is 30.3 Å². The Hall–Kier alpha value is -2.80. The van der Waals surface area contributed by atoms with Crippen LogP contribution < -0.4 is 14.2 Å². The van der Waals surface area contributed by atoms with Crippen molar-refractivity contribution in [1.29, 1.82) is 0 Å². The Labute approximate surface area is 164 Å². The van der Waals surface area contributed by atoms with Gasteiger partial charge in [-0.25, -0.2) is 4.39 Å². The van der Waals surface area contributed by atoms with E-state index < -0.39 is 0 Å². The molecule has 1 aliphatic heterocycles. The van der Waals surface area contributed by atoms with Gasteiger partial charge in [-0.2, -0.15) is 0 Å². The molecule has 1 aliphatic rings. The molecule has 0 saturated carbocycles. The minimum Gasteiger partial charge on any atom is -0.496 e. The highest BCUT2D eigenvalue weighted by Crippen LogP contribution is 2.35. The maximum absolute atomic E-state index is 13.1. The summed E-state index contributed by atoms with van der Waals surface area (Å²) >= 11 is 0. The highest BCUT2D eigenvalue weighted by atomic mass is 19.1. The lowest BCUT2D eigenvalue weighted by molar-refractivity contribution is 0.0627. The predicted molar refractivity (Wildman–Crippen MR) is 104 cm³/mol. The summed E-state index contributed by atoms with van der Waals surface area (Å²) in [6.07, 6.45) is 0. The van der Waals surface area contributed by atoms with Crippen molar-refractivity contribution in [3.05, 3.63) is 53.3 Å². The molecule has 7 heteroatoms. The first kappa shape index (κ1) is 19.9. The quantitative estimate of drug-likeness (QED) is 0.762. The maximum Gasteiger partial charge on any atom is 0.253 e. The van der Waals surface area contributed by atoms with Crippen LogP contribution in [0.2, 0.25) is 0 Å². The lowest BCUT2D eigenvalue weighted by Crippen LogP contribution is -2.48. The monoisotopic (exact) mass is 388 g/mol. The van der Waals surface area contributed by atoms with Crippen molar-refractivity contribution >= 4 is 5.91 Å². The van der Waals surface area contributed by atoms with Gasteiger partial charge in [0.25, 0.3) is 5.91 Å². The summed E-state index contributed by atoms with van der Waals surface area (Å²) in [5.74, 6) is 1.61. The van der Waals surface area contributed by atoms with E-state index in [1.54, 1.807) is 26.2 Å². The molecular weight excluding hydrogens is 363 g/mol. The summed E-state index contributed by atoms with van der Waals surface area (Å²) in [6.45, 7) is 3.40. The number of hydrogen-bond donors (Lipinski definition) is 0. The Morgan fingerprint density at radius 2 is 1.46 bits per heavy atom. The van der Waals surface area contributed by atoms with Crippen LogP contribution in [0.3, 0.4) is 0 Å². The Morgan fingerprint density at radius 1 is 0.893 bits per heavy atom. The van der Waals surface area contributed by atoms with Crippen LogP contribution in [-0.2, 0) is 6.54 Å². The molecule has 2 aromatic carbocycles. The number of ether oxygens (including phenoxy) is 3. The van der Waals surface area contributed by atoms with Crippen LogP contribution in [0.4, 0.5) is 4.39 Å². The highest BCUT2D eigenvalue weighted by Gasteiger charge is 2.23. The molecule has 150 valence electrons. The zero-order valence-corrected chi connectivity index (χ0v) is 16.4. The summed E-state index contributed by atoms with van der Waals surface area (Å²) in [4.78, 5) is 16.6. The summed E-state index contributed by atoms with van der Waals surface area (Å²) in [7, 11) is 4.83. The van der Waals surface area contributed by atoms with Crippen LogP contribution in [0, 0.1) is 5.82 Å². The summed E-state index contributed by atoms with van der Waals surface area (Å²) in [6, 6.07) is 9.42. The van der Waals surface area contributed by atoms with E-state index in [4.69, 9.17) is 14.2 Å². The molecule has 0 bridgehead atoms. The van der Waals surface area contributed by atoms with Crippen LogP contribution in [0.25, 0.3) is 0 Å². The fraction of sp³-hybridized carbons (Fsp3) is 0.381. The van der Waals surface area contributed by atoms with Crippen LogP contribution in [0.5, 0.6) is 17.2 Å². The van der Waals surface area contributed by atoms with Crippen molar-refractivity contribution in [2.45, 2.75) is 6.54 Å². The number of halogens is 1. The van der Waals surface area contributed by atoms with E-state index >= 15 is 0 Å². The third-order valence-corrected chi connectivity index (χ3v) is 4.93. The average Bonchev–Trinajstić information content (AvgIpc) is 2.74. The number of hydrogen-bond acceptors (Lipinski definition) is 5. The number of rotatable bonds is 6. The van der Waals surface area contributed by atoms with E-state index in [1.165, 1.54) is 24.3 Å². The molecule has 3 rings (SSSR count). The van der Waals surface area contributed by atoms with Crippen molar-refractivity contribution in [3.8, 4) is 17.2 Å². The fourth-order valence-electron chi connectivity index (χ4n) is 3.34. The normalized spacial score (nSPS) is 14.6. The zero-order valence-electron chi connectivity index (χ0n) is 16.4. The van der Waals surface area contributed by atoms with Gasteiger partial charge in [0, 0.05) is 49.9 Å². The van der Waals surface area contributed by atoms with Crippen LogP contribution in [0.15, 0.2) is 36.4 Å². The lowest BCUT2D eigenvalue weighted by Gasteiger charge is -2.35. The Balaban J connectivity index is 1.64. The van der Waals surface area contributed by atoms with Crippen LogP contribution >= 0.6 is 0 Å². The lowest BCUT2D eigenvalue weighted by atomic mass is 10.1. The zero-order chi connectivity index (χ0) is 20.1. The first-order valence-electron chi connectivity index (χ1n) is 9.11. The largest absolute Gasteiger partial charge is 0.496 e. The molecular formula is C21H25FN2O4. The maximum atomic E-state index is 13.1. The second-order valence-corrected chi connectivity index (χ2v) is 6.59. The van der Waals surface area contributed by atoms with Crippen LogP contribution in [0.1, 0.15) is 15.9 Å². The molecule has 0 radical (unpaired) electrons. The molecule has 1 amide bonds. The van der Waals surface area contributed by atoms with Gasteiger partial charge in [0.2, 0.25) is 0 Å². The molecule has 0 spiro atoms. The average molecular weight is 388 g/mol. The van der Waals surface area contributed by atoms with Crippen molar-refractivity contribution < 1.29 is 23.4 Å². The van der Waals surface area contributed by atoms with E-state index in [2.05, 4.69) is 4.90 Å². The molecule has 0 aliphatic carbocycles. The number of carbonyl (C=O) groups is 1. The summed E-state index contributed by atoms with van der Waals surface area (Å²) < 4.78 is 29.3. The Morgan fingerprint density at radius 3 is 2.04 bits per heavy atom. The number of piperazine rings is 1. The van der Waals surface area contributed by atoms with Gasteiger partial charge in [-0.15, -0.1) is 0 Å². The number of carbonyl (C=O) groups excluding carboxylic acids is 1. The Kier molecular flexibility index (Phi) is 6.36. The SMILES string of the molecule is COc1cc(OC)c(OC)cc1CN1CCN(C(=O)c2ccc(F)cc2)CC1. The van der Waals surface area contributed by atoms with E-state index in [-0.39, 0.29) is 11.7 Å². The van der Waals surface area contributed by atoms with Crippen molar-refractivity contribution in [2.24, 2.45) is 0 Å². The Bertz CT molecular complexity index is 818. The van der Waals surface area contributed by atoms with Gasteiger partial charge in [-0.1, -0.05) is 0 Å². The molecule has 1 saturated heterocycles. The highest BCUT2D eigenvalue weighted by molar-refractivity contribution is 5.94. The predicted octanol–water partition coefficient (Wildman–Crippen LogP) is 2.81. The van der Waals surface area contributed by atoms with Crippen molar-refractivity contribution in [1.82, 2.24) is 9.80 Å². The molecule has 1 fully saturated rings. The minimum atomic E-state index is -0.342. The molecule has 28 heavy (non-hydrogen) atoms. The minimum absolute atomic E-state index is 0.0663. The first-order chi connectivity index (χ1) is 13.5. The van der Waals surface area contributed by atoms with Gasteiger partial charge in [-0.3, -0.25) is 9.69 Å². The third-order valence-electron chi connectivity index (χ3n) is 4.93. The second kappa shape index (κ2) is 8.93. The van der Waals surface area contributed by atoms with Gasteiger partial charge < -0.3 is 19.1 Å². The molecule has 2 aromatic rings. The van der Waals surface area contributed by atoms with Crippen molar-refractivity contribution in [2.75, 3.05) is 47.5 Å². The number of nitrogens with zero attached hydrogens (tertiary/aromatic N) is 2. The van der Waals surface area contributed by atoms with Gasteiger partial charge in [0.1, 0.15) is 11.6 Å².